The Balaban J connectivity index is 1.67. The van der Waals surface area contributed by atoms with Crippen LogP contribution in [-0.4, -0.2) is 39.7 Å². The molecular formula is C13H21N3O2. The van der Waals surface area contributed by atoms with Crippen LogP contribution in [0.3, 0.4) is 0 Å². The van der Waals surface area contributed by atoms with Gasteiger partial charge in [0.2, 0.25) is 0 Å². The molecule has 1 saturated heterocycles. The van der Waals surface area contributed by atoms with E-state index in [1.165, 1.54) is 25.7 Å². The molecule has 1 aromatic heterocycles. The largest absolute Gasteiger partial charge is 0.394 e. The monoisotopic (exact) mass is 251 g/mol. The van der Waals surface area contributed by atoms with Crippen LogP contribution in [0.2, 0.25) is 0 Å². The van der Waals surface area contributed by atoms with Crippen LogP contribution in [0, 0.1) is 0 Å². The summed E-state index contributed by atoms with van der Waals surface area (Å²) in [6, 6.07) is 0.409. The van der Waals surface area contributed by atoms with E-state index in [1.807, 2.05) is 12.4 Å². The maximum atomic E-state index is 8.88. The van der Waals surface area contributed by atoms with Gasteiger partial charge in [-0.15, -0.1) is 0 Å². The van der Waals surface area contributed by atoms with Crippen molar-refractivity contribution in [1.29, 1.82) is 0 Å². The number of rotatable bonds is 4. The first kappa shape index (κ1) is 12.0. The molecule has 100 valence electrons. The Hall–Kier alpha value is -1.07. The molecule has 2 fully saturated rings. The standard InChI is InChI=1S/C13H21N3O2/c17-7-6-16-10-11(9-14-16)15-12-3-8-18-13(12)4-1-2-5-13/h9-10,12,15,17H,1-8H2/t12-/m0/s1. The zero-order valence-electron chi connectivity index (χ0n) is 10.6. The summed E-state index contributed by atoms with van der Waals surface area (Å²) < 4.78 is 7.77. The van der Waals surface area contributed by atoms with Crippen molar-refractivity contribution in [2.45, 2.75) is 50.3 Å². The number of hydrogen-bond donors (Lipinski definition) is 2. The average molecular weight is 251 g/mol. The number of anilines is 1. The number of aromatic nitrogens is 2. The van der Waals surface area contributed by atoms with E-state index in [9.17, 15) is 0 Å². The van der Waals surface area contributed by atoms with Crippen LogP contribution < -0.4 is 5.32 Å². The van der Waals surface area contributed by atoms with E-state index >= 15 is 0 Å². The lowest BCUT2D eigenvalue weighted by Gasteiger charge is -2.30. The fourth-order valence-corrected chi connectivity index (χ4v) is 3.28. The molecule has 1 aliphatic carbocycles. The van der Waals surface area contributed by atoms with Crippen molar-refractivity contribution < 1.29 is 9.84 Å². The predicted molar refractivity (Wildman–Crippen MR) is 68.5 cm³/mol. The minimum absolute atomic E-state index is 0.0685. The molecule has 5 heteroatoms. The SMILES string of the molecule is OCCn1cc(N[C@H]2CCOC23CCCC3)cn1. The summed E-state index contributed by atoms with van der Waals surface area (Å²) in [7, 11) is 0. The number of aliphatic hydroxyl groups excluding tert-OH is 1. The Morgan fingerprint density at radius 2 is 2.33 bits per heavy atom. The molecule has 1 spiro atoms. The summed E-state index contributed by atoms with van der Waals surface area (Å²) >= 11 is 0. The second-order valence-electron chi connectivity index (χ2n) is 5.32. The molecule has 0 unspecified atom stereocenters. The van der Waals surface area contributed by atoms with Crippen molar-refractivity contribution in [1.82, 2.24) is 9.78 Å². The Morgan fingerprint density at radius 1 is 1.50 bits per heavy atom. The highest BCUT2D eigenvalue weighted by Crippen LogP contribution is 2.42. The third-order valence-corrected chi connectivity index (χ3v) is 4.18. The lowest BCUT2D eigenvalue weighted by atomic mass is 9.92. The normalized spacial score (nSPS) is 25.9. The number of aliphatic hydroxyl groups is 1. The average Bonchev–Trinajstić information content (AvgIpc) is 3.06. The highest BCUT2D eigenvalue weighted by atomic mass is 16.5. The number of nitrogens with one attached hydrogen (secondary N) is 1. The molecule has 0 amide bonds. The molecule has 2 N–H and O–H groups in total. The van der Waals surface area contributed by atoms with Gasteiger partial charge in [0.25, 0.3) is 0 Å². The summed E-state index contributed by atoms with van der Waals surface area (Å²) in [6.45, 7) is 1.54. The molecule has 2 heterocycles. The van der Waals surface area contributed by atoms with Crippen LogP contribution in [0.4, 0.5) is 5.69 Å². The Labute approximate surface area is 107 Å². The highest BCUT2D eigenvalue weighted by molar-refractivity contribution is 5.40. The number of nitrogens with zero attached hydrogens (tertiary/aromatic N) is 2. The molecule has 0 bridgehead atoms. The topological polar surface area (TPSA) is 59.3 Å². The summed E-state index contributed by atoms with van der Waals surface area (Å²) in [5.74, 6) is 0. The molecule has 1 aromatic rings. The summed E-state index contributed by atoms with van der Waals surface area (Å²) in [5, 5.41) is 16.7. The van der Waals surface area contributed by atoms with E-state index in [0.29, 0.717) is 12.6 Å². The second-order valence-corrected chi connectivity index (χ2v) is 5.32. The molecule has 0 radical (unpaired) electrons. The zero-order valence-corrected chi connectivity index (χ0v) is 10.6. The fourth-order valence-electron chi connectivity index (χ4n) is 3.28. The number of ether oxygens (including phenoxy) is 1. The molecule has 2 aliphatic rings. The third kappa shape index (κ3) is 2.12. The van der Waals surface area contributed by atoms with E-state index < -0.39 is 0 Å². The van der Waals surface area contributed by atoms with Crippen LogP contribution in [0.1, 0.15) is 32.1 Å². The Morgan fingerprint density at radius 3 is 3.11 bits per heavy atom. The molecule has 0 aromatic carbocycles. The molecular weight excluding hydrogens is 230 g/mol. The molecule has 1 aliphatic heterocycles. The quantitative estimate of drug-likeness (QED) is 0.849. The van der Waals surface area contributed by atoms with Crippen molar-refractivity contribution in [3.05, 3.63) is 12.4 Å². The third-order valence-electron chi connectivity index (χ3n) is 4.18. The van der Waals surface area contributed by atoms with E-state index in [-0.39, 0.29) is 12.2 Å². The molecule has 18 heavy (non-hydrogen) atoms. The fraction of sp³-hybridized carbons (Fsp3) is 0.769. The number of hydrogen-bond acceptors (Lipinski definition) is 4. The molecule has 3 rings (SSSR count). The highest BCUT2D eigenvalue weighted by Gasteiger charge is 2.46. The van der Waals surface area contributed by atoms with Crippen molar-refractivity contribution >= 4 is 5.69 Å². The lowest BCUT2D eigenvalue weighted by molar-refractivity contribution is 0.00523. The van der Waals surface area contributed by atoms with Gasteiger partial charge in [0.15, 0.2) is 0 Å². The van der Waals surface area contributed by atoms with Gasteiger partial charge in [0.1, 0.15) is 0 Å². The second kappa shape index (κ2) is 4.90. The van der Waals surface area contributed by atoms with Crippen LogP contribution in [0.5, 0.6) is 0 Å². The maximum Gasteiger partial charge on any atom is 0.0883 e. The first-order valence-electron chi connectivity index (χ1n) is 6.86. The van der Waals surface area contributed by atoms with Crippen LogP contribution >= 0.6 is 0 Å². The summed E-state index contributed by atoms with van der Waals surface area (Å²) in [6.07, 6.45) is 9.77. The lowest BCUT2D eigenvalue weighted by Crippen LogP contribution is -2.41. The van der Waals surface area contributed by atoms with Gasteiger partial charge in [-0.3, -0.25) is 4.68 Å². The van der Waals surface area contributed by atoms with E-state index in [0.717, 1.165) is 18.7 Å². The minimum atomic E-state index is 0.0685. The van der Waals surface area contributed by atoms with E-state index in [4.69, 9.17) is 9.84 Å². The Bertz CT molecular complexity index is 393. The first-order chi connectivity index (χ1) is 8.82. The van der Waals surface area contributed by atoms with Crippen molar-refractivity contribution in [3.63, 3.8) is 0 Å². The maximum absolute atomic E-state index is 8.88. The zero-order chi connectivity index (χ0) is 12.4. The van der Waals surface area contributed by atoms with Gasteiger partial charge >= 0.3 is 0 Å². The van der Waals surface area contributed by atoms with Gasteiger partial charge in [-0.2, -0.15) is 5.10 Å². The molecule has 5 nitrogen and oxygen atoms in total. The van der Waals surface area contributed by atoms with Gasteiger partial charge in [0.05, 0.1) is 36.7 Å². The van der Waals surface area contributed by atoms with Crippen molar-refractivity contribution in [3.8, 4) is 0 Å². The van der Waals surface area contributed by atoms with Crippen molar-refractivity contribution in [2.75, 3.05) is 18.5 Å². The smallest absolute Gasteiger partial charge is 0.0883 e. The van der Waals surface area contributed by atoms with E-state index in [2.05, 4.69) is 10.4 Å². The van der Waals surface area contributed by atoms with Gasteiger partial charge in [-0.05, 0) is 19.3 Å². The van der Waals surface area contributed by atoms with Gasteiger partial charge in [-0.25, -0.2) is 0 Å². The summed E-state index contributed by atoms with van der Waals surface area (Å²) in [4.78, 5) is 0. The summed E-state index contributed by atoms with van der Waals surface area (Å²) in [5.41, 5.74) is 1.10. The molecule has 1 atom stereocenters. The van der Waals surface area contributed by atoms with Crippen LogP contribution in [0.25, 0.3) is 0 Å². The predicted octanol–water partition coefficient (Wildman–Crippen LogP) is 1.39. The van der Waals surface area contributed by atoms with Crippen LogP contribution in [-0.2, 0) is 11.3 Å². The Kier molecular flexibility index (Phi) is 3.26. The van der Waals surface area contributed by atoms with Crippen LogP contribution in [0.15, 0.2) is 12.4 Å². The van der Waals surface area contributed by atoms with Gasteiger partial charge in [0, 0.05) is 12.8 Å². The molecule has 1 saturated carbocycles. The van der Waals surface area contributed by atoms with E-state index in [1.54, 1.807) is 4.68 Å². The van der Waals surface area contributed by atoms with Gasteiger partial charge in [-0.1, -0.05) is 12.8 Å². The van der Waals surface area contributed by atoms with Gasteiger partial charge < -0.3 is 15.2 Å². The minimum Gasteiger partial charge on any atom is -0.394 e. The first-order valence-corrected chi connectivity index (χ1v) is 6.86. The van der Waals surface area contributed by atoms with Crippen molar-refractivity contribution in [2.24, 2.45) is 0 Å².